The molecular formula is C37H48N8O10. The van der Waals surface area contributed by atoms with Crippen molar-refractivity contribution >= 4 is 46.8 Å². The van der Waals surface area contributed by atoms with Gasteiger partial charge in [-0.05, 0) is 49.7 Å². The monoisotopic (exact) mass is 764 g/mol. The van der Waals surface area contributed by atoms with Gasteiger partial charge in [-0.2, -0.15) is 0 Å². The molecule has 0 radical (unpaired) electrons. The lowest BCUT2D eigenvalue weighted by atomic mass is 10.0. The number of rotatable bonds is 20. The van der Waals surface area contributed by atoms with E-state index in [4.69, 9.17) is 0 Å². The maximum Gasteiger partial charge on any atom is 0.269 e. The zero-order chi connectivity index (χ0) is 39.7. The molecular weight excluding hydrogens is 716 g/mol. The third-order valence-corrected chi connectivity index (χ3v) is 9.48. The quantitative estimate of drug-likeness (QED) is 0.0871. The fraction of sp³-hybridized carbons (Fsp3) is 0.514. The van der Waals surface area contributed by atoms with E-state index in [9.17, 15) is 49.0 Å². The molecule has 2 saturated heterocycles. The summed E-state index contributed by atoms with van der Waals surface area (Å²) in [6.45, 7) is 0.815. The Kier molecular flexibility index (Phi) is 16.0. The number of carbonyl (C=O) groups excluding carboxylic acids is 6. The molecule has 0 aliphatic carbocycles. The van der Waals surface area contributed by atoms with Crippen LogP contribution in [-0.4, -0.2) is 93.4 Å². The van der Waals surface area contributed by atoms with Crippen molar-refractivity contribution < 1.29 is 38.6 Å². The molecule has 2 fully saturated rings. The van der Waals surface area contributed by atoms with Crippen LogP contribution in [0.2, 0.25) is 0 Å². The van der Waals surface area contributed by atoms with E-state index in [0.717, 1.165) is 19.3 Å². The van der Waals surface area contributed by atoms with Gasteiger partial charge in [-0.1, -0.05) is 43.5 Å². The molecule has 4 N–H and O–H groups in total. The molecule has 0 spiro atoms. The van der Waals surface area contributed by atoms with Gasteiger partial charge >= 0.3 is 0 Å². The fourth-order valence-corrected chi connectivity index (χ4v) is 6.43. The molecule has 2 aromatic rings. The first-order chi connectivity index (χ1) is 26.4. The fourth-order valence-electron chi connectivity index (χ4n) is 6.43. The molecule has 296 valence electrons. The summed E-state index contributed by atoms with van der Waals surface area (Å²) in [4.78, 5) is 99.5. The Labute approximate surface area is 318 Å². The number of nitro groups is 2. The van der Waals surface area contributed by atoms with Crippen molar-refractivity contribution in [1.82, 2.24) is 31.1 Å². The van der Waals surface area contributed by atoms with Gasteiger partial charge in [-0.25, -0.2) is 0 Å². The summed E-state index contributed by atoms with van der Waals surface area (Å²) in [6.07, 6.45) is 6.29. The van der Waals surface area contributed by atoms with Gasteiger partial charge in [0.1, 0.15) is 12.1 Å². The molecule has 6 amide bonds. The van der Waals surface area contributed by atoms with Crippen molar-refractivity contribution in [2.45, 2.75) is 95.8 Å². The molecule has 2 aromatic carbocycles. The Bertz CT molecular complexity index is 1580. The Morgan fingerprint density at radius 1 is 0.582 bits per heavy atom. The lowest BCUT2D eigenvalue weighted by Gasteiger charge is -2.32. The summed E-state index contributed by atoms with van der Waals surface area (Å²) in [5.41, 5.74) is 1.27. The number of benzene rings is 2. The van der Waals surface area contributed by atoms with Crippen LogP contribution in [0, 0.1) is 20.2 Å². The van der Waals surface area contributed by atoms with E-state index in [1.807, 2.05) is 0 Å². The number of nitrogens with one attached hydrogen (secondary N) is 4. The number of piperidine rings is 2. The second kappa shape index (κ2) is 21.1. The number of unbranched alkanes of at least 4 members (excludes halogenated alkanes) is 4. The van der Waals surface area contributed by atoms with Gasteiger partial charge in [0.2, 0.25) is 35.4 Å². The Morgan fingerprint density at radius 2 is 0.945 bits per heavy atom. The Morgan fingerprint density at radius 3 is 1.31 bits per heavy atom. The topological polar surface area (TPSA) is 243 Å². The van der Waals surface area contributed by atoms with Crippen molar-refractivity contribution in [3.63, 3.8) is 0 Å². The van der Waals surface area contributed by atoms with Crippen LogP contribution in [0.25, 0.3) is 0 Å². The first kappa shape index (κ1) is 41.8. The zero-order valence-corrected chi connectivity index (χ0v) is 30.7. The molecule has 0 bridgehead atoms. The van der Waals surface area contributed by atoms with E-state index in [-0.39, 0.29) is 85.8 Å². The third kappa shape index (κ3) is 13.8. The van der Waals surface area contributed by atoms with Gasteiger partial charge in [0, 0.05) is 63.3 Å². The minimum absolute atomic E-state index is 0.0480. The smallest absolute Gasteiger partial charge is 0.269 e. The molecule has 18 heteroatoms. The summed E-state index contributed by atoms with van der Waals surface area (Å²) in [5, 5.41) is 32.6. The minimum atomic E-state index is -0.697. The van der Waals surface area contributed by atoms with Gasteiger partial charge in [0.25, 0.3) is 11.4 Å². The summed E-state index contributed by atoms with van der Waals surface area (Å²) >= 11 is 0. The van der Waals surface area contributed by atoms with Crippen LogP contribution in [0.3, 0.4) is 0 Å². The molecule has 4 rings (SSSR count). The number of hydrogen-bond acceptors (Lipinski definition) is 10. The maximum atomic E-state index is 13.0. The molecule has 2 heterocycles. The number of nitro benzene ring substituents is 2. The first-order valence-electron chi connectivity index (χ1n) is 18.6. The van der Waals surface area contributed by atoms with Gasteiger partial charge in [0.05, 0.1) is 22.9 Å². The average molecular weight is 765 g/mol. The number of nitrogens with zero attached hydrogens (tertiary/aromatic N) is 4. The highest BCUT2D eigenvalue weighted by Crippen LogP contribution is 2.16. The van der Waals surface area contributed by atoms with Crippen LogP contribution >= 0.6 is 0 Å². The van der Waals surface area contributed by atoms with E-state index < -0.39 is 21.9 Å². The Hall–Kier alpha value is -5.94. The lowest BCUT2D eigenvalue weighted by molar-refractivity contribution is -0.385. The number of amides is 6. The predicted octanol–water partition coefficient (Wildman–Crippen LogP) is 2.38. The molecule has 18 nitrogen and oxygen atoms in total. The normalized spacial score (nSPS) is 16.9. The maximum absolute atomic E-state index is 13.0. The molecule has 2 atom stereocenters. The highest BCUT2D eigenvalue weighted by molar-refractivity contribution is 5.92. The summed E-state index contributed by atoms with van der Waals surface area (Å²) in [7, 11) is 0. The predicted molar refractivity (Wildman–Crippen MR) is 198 cm³/mol. The number of hydrogen-bond donors (Lipinski definition) is 4. The van der Waals surface area contributed by atoms with Crippen molar-refractivity contribution in [1.29, 1.82) is 0 Å². The van der Waals surface area contributed by atoms with Crippen molar-refractivity contribution in [2.75, 3.05) is 26.2 Å². The second-order valence-corrected chi connectivity index (χ2v) is 13.7. The van der Waals surface area contributed by atoms with Gasteiger partial charge in [-0.3, -0.25) is 49.0 Å². The first-order valence-corrected chi connectivity index (χ1v) is 18.6. The SMILES string of the molecule is O=C(CN1CCCC(NC(=O)CCCCCCCC(=O)NC2CCCN(CC(=O)NCc3ccc([N+](=O)[O-])cc3)C2=O)C1=O)NCc1ccc([N+](=O)[O-])cc1. The highest BCUT2D eigenvalue weighted by Gasteiger charge is 2.32. The molecule has 0 saturated carbocycles. The van der Waals surface area contributed by atoms with Crippen LogP contribution in [0.1, 0.15) is 81.8 Å². The van der Waals surface area contributed by atoms with E-state index in [1.54, 1.807) is 24.3 Å². The molecule has 55 heavy (non-hydrogen) atoms. The van der Waals surface area contributed by atoms with Crippen LogP contribution in [0.5, 0.6) is 0 Å². The van der Waals surface area contributed by atoms with Crippen molar-refractivity contribution in [3.8, 4) is 0 Å². The third-order valence-electron chi connectivity index (χ3n) is 9.48. The zero-order valence-electron chi connectivity index (χ0n) is 30.7. The number of likely N-dealkylation sites (tertiary alicyclic amines) is 2. The number of carbonyl (C=O) groups is 6. The van der Waals surface area contributed by atoms with Crippen LogP contribution in [0.15, 0.2) is 48.5 Å². The largest absolute Gasteiger partial charge is 0.350 e. The minimum Gasteiger partial charge on any atom is -0.350 e. The van der Waals surface area contributed by atoms with Gasteiger partial charge in [0.15, 0.2) is 0 Å². The van der Waals surface area contributed by atoms with E-state index in [2.05, 4.69) is 21.3 Å². The van der Waals surface area contributed by atoms with Crippen LogP contribution < -0.4 is 21.3 Å². The van der Waals surface area contributed by atoms with Gasteiger partial charge in [-0.15, -0.1) is 0 Å². The molecule has 0 aromatic heterocycles. The van der Waals surface area contributed by atoms with E-state index in [1.165, 1.54) is 34.1 Å². The van der Waals surface area contributed by atoms with E-state index >= 15 is 0 Å². The highest BCUT2D eigenvalue weighted by atomic mass is 16.6. The standard InChI is InChI=1S/C37H48N8O10/c46-32(40-30-8-6-20-42(36(30)50)24-34(48)38-22-26-12-16-28(17-13-26)44(52)53)10-4-2-1-3-5-11-33(47)41-31-9-7-21-43(37(31)51)25-35(49)39-23-27-14-18-29(19-15-27)45(54)55/h12-19,30-31H,1-11,20-25H2,(H,38,48)(H,39,49)(H,40,46)(H,41,47). The lowest BCUT2D eigenvalue weighted by Crippen LogP contribution is -2.54. The summed E-state index contributed by atoms with van der Waals surface area (Å²) in [5.74, 6) is -1.85. The summed E-state index contributed by atoms with van der Waals surface area (Å²) < 4.78 is 0. The molecule has 2 unspecified atom stereocenters. The van der Waals surface area contributed by atoms with Crippen molar-refractivity contribution in [2.24, 2.45) is 0 Å². The van der Waals surface area contributed by atoms with E-state index in [0.29, 0.717) is 62.7 Å². The Balaban J connectivity index is 1.04. The summed E-state index contributed by atoms with van der Waals surface area (Å²) in [6, 6.07) is 10.2. The molecule has 2 aliphatic heterocycles. The second-order valence-electron chi connectivity index (χ2n) is 13.7. The van der Waals surface area contributed by atoms with Crippen LogP contribution in [-0.2, 0) is 41.9 Å². The van der Waals surface area contributed by atoms with Crippen LogP contribution in [0.4, 0.5) is 11.4 Å². The number of non-ortho nitro benzene ring substituents is 2. The molecule has 2 aliphatic rings. The van der Waals surface area contributed by atoms with Crippen molar-refractivity contribution in [3.05, 3.63) is 79.9 Å². The average Bonchev–Trinajstić information content (AvgIpc) is 3.16. The van der Waals surface area contributed by atoms with Gasteiger partial charge < -0.3 is 31.1 Å².